The summed E-state index contributed by atoms with van der Waals surface area (Å²) in [5, 5.41) is 0. The van der Waals surface area contributed by atoms with Gasteiger partial charge in [0.05, 0.1) is 22.4 Å². The average Bonchev–Trinajstić information content (AvgIpc) is 3.31. The second-order valence-corrected chi connectivity index (χ2v) is 7.47. The van der Waals surface area contributed by atoms with Crippen molar-refractivity contribution in [1.29, 1.82) is 0 Å². The third-order valence-corrected chi connectivity index (χ3v) is 4.83. The van der Waals surface area contributed by atoms with Crippen LogP contribution in [0.25, 0.3) is 0 Å². The fourth-order valence-electron chi connectivity index (χ4n) is 1.94. The maximum atomic E-state index is 5.82. The lowest BCUT2D eigenvalue weighted by molar-refractivity contribution is 0.00578. The summed E-state index contributed by atoms with van der Waals surface area (Å²) in [4.78, 5) is 0. The molecule has 0 atom stereocenters. The third-order valence-electron chi connectivity index (χ3n) is 4.83. The lowest BCUT2D eigenvalue weighted by Gasteiger charge is -2.32. The van der Waals surface area contributed by atoms with Crippen molar-refractivity contribution >= 4 is 14.2 Å². The van der Waals surface area contributed by atoms with Crippen LogP contribution < -0.4 is 0 Å². The van der Waals surface area contributed by atoms with Crippen molar-refractivity contribution in [3.8, 4) is 24.5 Å². The van der Waals surface area contributed by atoms with Gasteiger partial charge in [0.2, 0.25) is 0 Å². The van der Waals surface area contributed by atoms with E-state index in [1.54, 1.807) is 0 Å². The number of terminal acetylenes is 1. The molecule has 6 heteroatoms. The van der Waals surface area contributed by atoms with Crippen molar-refractivity contribution in [3.63, 3.8) is 0 Å². The molecule has 0 spiro atoms. The first-order valence-corrected chi connectivity index (χ1v) is 15.4. The number of rotatable bonds is 0. The summed E-state index contributed by atoms with van der Waals surface area (Å²) in [6.07, 6.45) is 8.00. The van der Waals surface area contributed by atoms with Crippen LogP contribution in [-0.4, -0.2) is 36.6 Å². The molecule has 38 heavy (non-hydrogen) atoms. The van der Waals surface area contributed by atoms with Crippen molar-refractivity contribution in [1.82, 2.24) is 0 Å². The van der Waals surface area contributed by atoms with Crippen LogP contribution in [0.5, 0.6) is 0 Å². The van der Waals surface area contributed by atoms with Crippen LogP contribution in [-0.2, 0) is 18.6 Å². The topological polar surface area (TPSA) is 36.9 Å². The summed E-state index contributed by atoms with van der Waals surface area (Å²) in [7, 11) is -1.09. The van der Waals surface area contributed by atoms with Crippen LogP contribution in [0, 0.1) is 24.5 Å². The minimum atomic E-state index is -0.543. The van der Waals surface area contributed by atoms with Gasteiger partial charge in [0.15, 0.2) is 0 Å². The zero-order valence-corrected chi connectivity index (χ0v) is 30.9. The van der Waals surface area contributed by atoms with Crippen LogP contribution in [0.1, 0.15) is 166 Å². The fraction of sp³-hybridized carbons (Fsp3) is 0.875. The molecule has 2 aliphatic heterocycles. The van der Waals surface area contributed by atoms with E-state index in [0.29, 0.717) is 0 Å². The molecular formula is C32H74B2O4. The maximum Gasteiger partial charge on any atom is 0.550 e. The standard InChI is InChI=1S/C14H24B2O4.8C2H6.C2H2/c1-11(2)12(3,4)18-15(17-11)9-10-16-19-13(5,6)14(7,8)20-16;9*1-2/h1-8H3;8*1-2H3;1-2H. The van der Waals surface area contributed by atoms with Gasteiger partial charge in [-0.2, -0.15) is 0 Å². The van der Waals surface area contributed by atoms with Gasteiger partial charge in [-0.15, -0.1) is 12.8 Å². The Labute approximate surface area is 245 Å². The molecule has 0 aromatic heterocycles. The summed E-state index contributed by atoms with van der Waals surface area (Å²) in [6, 6.07) is 0. The van der Waals surface area contributed by atoms with Crippen molar-refractivity contribution in [3.05, 3.63) is 0 Å². The molecule has 2 rings (SSSR count). The first kappa shape index (κ1) is 57.1. The smallest absolute Gasteiger partial charge is 0.392 e. The quantitative estimate of drug-likeness (QED) is 0.225. The molecule has 2 fully saturated rings. The molecule has 0 bridgehead atoms. The Balaban J connectivity index is -0.0000000708. The lowest BCUT2D eigenvalue weighted by Crippen LogP contribution is -2.41. The molecule has 0 aromatic rings. The lowest BCUT2D eigenvalue weighted by atomic mass is 9.84. The van der Waals surface area contributed by atoms with Gasteiger partial charge in [0.25, 0.3) is 0 Å². The molecule has 2 aliphatic rings. The largest absolute Gasteiger partial charge is 0.550 e. The summed E-state index contributed by atoms with van der Waals surface area (Å²) in [5.74, 6) is 5.93. The van der Waals surface area contributed by atoms with Gasteiger partial charge < -0.3 is 18.6 Å². The van der Waals surface area contributed by atoms with Crippen LogP contribution in [0.2, 0.25) is 0 Å². The highest BCUT2D eigenvalue weighted by Gasteiger charge is 2.53. The Morgan fingerprint density at radius 3 is 0.553 bits per heavy atom. The highest BCUT2D eigenvalue weighted by atomic mass is 16.7. The highest BCUT2D eigenvalue weighted by Crippen LogP contribution is 2.37. The van der Waals surface area contributed by atoms with Crippen LogP contribution in [0.3, 0.4) is 0 Å². The molecule has 4 nitrogen and oxygen atoms in total. The van der Waals surface area contributed by atoms with Crippen molar-refractivity contribution < 1.29 is 18.6 Å². The van der Waals surface area contributed by atoms with Gasteiger partial charge in [-0.3, -0.25) is 0 Å². The van der Waals surface area contributed by atoms with E-state index in [4.69, 9.17) is 18.6 Å². The molecule has 0 saturated carbocycles. The molecule has 0 N–H and O–H groups in total. The number of hydrogen-bond donors (Lipinski definition) is 0. The zero-order valence-electron chi connectivity index (χ0n) is 30.9. The van der Waals surface area contributed by atoms with Crippen LogP contribution in [0.4, 0.5) is 0 Å². The van der Waals surface area contributed by atoms with E-state index in [-0.39, 0.29) is 22.4 Å². The van der Waals surface area contributed by atoms with Crippen molar-refractivity contribution in [2.75, 3.05) is 0 Å². The van der Waals surface area contributed by atoms with E-state index in [0.717, 1.165) is 0 Å². The summed E-state index contributed by atoms with van der Waals surface area (Å²) in [6.45, 7) is 48.0. The first-order chi connectivity index (χ1) is 17.9. The second-order valence-electron chi connectivity index (χ2n) is 7.47. The maximum absolute atomic E-state index is 5.82. The highest BCUT2D eigenvalue weighted by molar-refractivity contribution is 6.62. The SMILES string of the molecule is C#C.CC.CC.CC.CC.CC.CC.CC.CC.CC1(C)OB(C#CB2OC(C)(C)C(C)(C)O2)OC1(C)C. The molecular weight excluding hydrogens is 470 g/mol. The molecule has 0 aliphatic carbocycles. The Bertz CT molecular complexity index is 431. The van der Waals surface area contributed by atoms with E-state index in [2.05, 4.69) is 24.5 Å². The molecule has 2 saturated heterocycles. The first-order valence-electron chi connectivity index (χ1n) is 15.4. The van der Waals surface area contributed by atoms with Crippen molar-refractivity contribution in [2.45, 2.75) is 189 Å². The Morgan fingerprint density at radius 2 is 0.447 bits per heavy atom. The summed E-state index contributed by atoms with van der Waals surface area (Å²) < 4.78 is 23.3. The minimum absolute atomic E-state index is 0.373. The van der Waals surface area contributed by atoms with Crippen LogP contribution >= 0.6 is 0 Å². The van der Waals surface area contributed by atoms with Crippen LogP contribution in [0.15, 0.2) is 0 Å². The van der Waals surface area contributed by atoms with Gasteiger partial charge in [0, 0.05) is 0 Å². The molecule has 232 valence electrons. The van der Waals surface area contributed by atoms with Gasteiger partial charge >= 0.3 is 14.2 Å². The van der Waals surface area contributed by atoms with E-state index < -0.39 is 14.2 Å². The monoisotopic (exact) mass is 545 g/mol. The van der Waals surface area contributed by atoms with Gasteiger partial charge in [-0.1, -0.05) is 122 Å². The Kier molecular flexibility index (Phi) is 54.2. The van der Waals surface area contributed by atoms with Gasteiger partial charge in [-0.05, 0) is 55.4 Å². The normalized spacial score (nSPS) is 16.7. The molecule has 0 aromatic carbocycles. The average molecular weight is 545 g/mol. The van der Waals surface area contributed by atoms with Gasteiger partial charge in [-0.25, -0.2) is 0 Å². The minimum Gasteiger partial charge on any atom is -0.392 e. The summed E-state index contributed by atoms with van der Waals surface area (Å²) in [5.41, 5.74) is -1.49. The summed E-state index contributed by atoms with van der Waals surface area (Å²) >= 11 is 0. The Morgan fingerprint density at radius 1 is 0.342 bits per heavy atom. The number of hydrogen-bond acceptors (Lipinski definition) is 4. The molecule has 2 heterocycles. The van der Waals surface area contributed by atoms with Crippen molar-refractivity contribution in [2.24, 2.45) is 0 Å². The fourth-order valence-corrected chi connectivity index (χ4v) is 1.94. The Hall–Kier alpha value is -0.910. The third kappa shape index (κ3) is 23.0. The van der Waals surface area contributed by atoms with E-state index in [1.807, 2.05) is 166 Å². The molecule has 0 amide bonds. The predicted octanol–water partition coefficient (Wildman–Crippen LogP) is 10.7. The van der Waals surface area contributed by atoms with E-state index in [1.165, 1.54) is 0 Å². The van der Waals surface area contributed by atoms with E-state index in [9.17, 15) is 0 Å². The molecule has 0 radical (unpaired) electrons. The van der Waals surface area contributed by atoms with E-state index >= 15 is 0 Å². The second kappa shape index (κ2) is 36.1. The molecule has 0 unspecified atom stereocenters. The predicted molar refractivity (Wildman–Crippen MR) is 181 cm³/mol. The van der Waals surface area contributed by atoms with Gasteiger partial charge in [0.1, 0.15) is 0 Å². The zero-order chi connectivity index (χ0) is 33.4.